The Hall–Kier alpha value is -3.45. The zero-order chi connectivity index (χ0) is 25.8. The number of amides is 1. The van der Waals surface area contributed by atoms with Crippen LogP contribution in [-0.4, -0.2) is 58.9 Å². The predicted octanol–water partition coefficient (Wildman–Crippen LogP) is 4.61. The monoisotopic (exact) mass is 498 g/mol. The van der Waals surface area contributed by atoms with E-state index >= 15 is 0 Å². The Morgan fingerprint density at radius 3 is 2.41 bits per heavy atom. The van der Waals surface area contributed by atoms with Crippen molar-refractivity contribution >= 4 is 22.8 Å². The number of para-hydroxylation sites is 1. The van der Waals surface area contributed by atoms with Gasteiger partial charge in [-0.15, -0.1) is 0 Å². The summed E-state index contributed by atoms with van der Waals surface area (Å²) in [7, 11) is 0. The molecule has 4 N–H and O–H groups in total. The van der Waals surface area contributed by atoms with Crippen LogP contribution in [-0.2, 0) is 6.54 Å². The summed E-state index contributed by atoms with van der Waals surface area (Å²) in [5, 5.41) is 12.1. The van der Waals surface area contributed by atoms with Crippen LogP contribution >= 0.6 is 0 Å². The van der Waals surface area contributed by atoms with Gasteiger partial charge in [-0.2, -0.15) is 0 Å². The van der Waals surface area contributed by atoms with Gasteiger partial charge >= 0.3 is 0 Å². The minimum absolute atomic E-state index is 0.00812. The molecule has 194 valence electrons. The number of rotatable bonds is 6. The smallest absolute Gasteiger partial charge is 0.252 e. The number of aromatic nitrogens is 1. The Bertz CT molecular complexity index is 1250. The van der Waals surface area contributed by atoms with Gasteiger partial charge in [0.1, 0.15) is 0 Å². The predicted molar refractivity (Wildman–Crippen MR) is 149 cm³/mol. The highest BCUT2D eigenvalue weighted by Crippen LogP contribution is 2.32. The first-order chi connectivity index (χ1) is 18.0. The number of fused-ring (bicyclic) bond motifs is 1. The van der Waals surface area contributed by atoms with Crippen LogP contribution in [0.5, 0.6) is 0 Å². The molecule has 1 aliphatic heterocycles. The number of hydrogen-bond acceptors (Lipinski definition) is 4. The maximum absolute atomic E-state index is 14.1. The van der Waals surface area contributed by atoms with Gasteiger partial charge in [0.15, 0.2) is 5.96 Å². The normalized spacial score (nSPS) is 18.0. The van der Waals surface area contributed by atoms with E-state index in [0.29, 0.717) is 25.6 Å². The van der Waals surface area contributed by atoms with Gasteiger partial charge < -0.3 is 16.0 Å². The molecule has 1 aromatic heterocycles. The number of guanidine groups is 1. The van der Waals surface area contributed by atoms with Gasteiger partial charge in [0.25, 0.3) is 5.91 Å². The number of nitrogens with zero attached hydrogens (tertiary/aromatic N) is 3. The molecule has 0 bridgehead atoms. The lowest BCUT2D eigenvalue weighted by molar-refractivity contribution is 0.0918. The molecule has 7 nitrogen and oxygen atoms in total. The van der Waals surface area contributed by atoms with Gasteiger partial charge in [0.2, 0.25) is 0 Å². The fraction of sp³-hybridized carbons (Fsp3) is 0.433. The number of benzene rings is 2. The van der Waals surface area contributed by atoms with Gasteiger partial charge in [0, 0.05) is 55.3 Å². The average molecular weight is 499 g/mol. The molecule has 37 heavy (non-hydrogen) atoms. The molecule has 1 amide bonds. The molecule has 2 heterocycles. The van der Waals surface area contributed by atoms with E-state index in [1.54, 1.807) is 0 Å². The van der Waals surface area contributed by atoms with E-state index in [4.69, 9.17) is 16.1 Å². The fourth-order valence-electron chi connectivity index (χ4n) is 5.90. The number of pyridine rings is 1. The average Bonchev–Trinajstić information content (AvgIpc) is 2.93. The summed E-state index contributed by atoms with van der Waals surface area (Å²) < 4.78 is 0. The molecule has 1 saturated carbocycles. The van der Waals surface area contributed by atoms with Crippen molar-refractivity contribution in [2.24, 2.45) is 11.7 Å². The van der Waals surface area contributed by atoms with E-state index in [1.165, 1.54) is 32.1 Å². The van der Waals surface area contributed by atoms with Crippen LogP contribution in [0, 0.1) is 11.3 Å². The molecule has 3 aromatic rings. The van der Waals surface area contributed by atoms with E-state index in [-0.39, 0.29) is 17.9 Å². The van der Waals surface area contributed by atoms with Crippen molar-refractivity contribution in [3.05, 3.63) is 65.7 Å². The summed E-state index contributed by atoms with van der Waals surface area (Å²) >= 11 is 0. The molecule has 1 atom stereocenters. The number of nitrogens with one attached hydrogen (secondary N) is 2. The van der Waals surface area contributed by atoms with Crippen LogP contribution in [0.25, 0.3) is 22.2 Å². The summed E-state index contributed by atoms with van der Waals surface area (Å²) in [6, 6.07) is 18.3. The van der Waals surface area contributed by atoms with Crippen LogP contribution in [0.4, 0.5) is 0 Å². The second-order valence-electron chi connectivity index (χ2n) is 10.5. The fourth-order valence-corrected chi connectivity index (χ4v) is 5.90. The minimum Gasteiger partial charge on any atom is -0.370 e. The number of carbonyl (C=O) groups is 1. The van der Waals surface area contributed by atoms with E-state index in [1.807, 2.05) is 47.4 Å². The van der Waals surface area contributed by atoms with Crippen molar-refractivity contribution in [1.29, 1.82) is 5.41 Å². The lowest BCUT2D eigenvalue weighted by Crippen LogP contribution is -2.50. The molecule has 1 saturated heterocycles. The third-order valence-corrected chi connectivity index (χ3v) is 8.08. The quantitative estimate of drug-likeness (QED) is 0.341. The Kier molecular flexibility index (Phi) is 7.70. The van der Waals surface area contributed by atoms with Gasteiger partial charge in [-0.05, 0) is 31.7 Å². The number of nitrogens with two attached hydrogens (primary N) is 1. The second-order valence-corrected chi connectivity index (χ2v) is 10.5. The number of hydrogen-bond donors (Lipinski definition) is 3. The molecular weight excluding hydrogens is 460 g/mol. The third kappa shape index (κ3) is 5.62. The molecule has 5 rings (SSSR count). The maximum atomic E-state index is 14.1. The summed E-state index contributed by atoms with van der Waals surface area (Å²) in [5.74, 6) is 0.641. The first kappa shape index (κ1) is 25.2. The first-order valence-corrected chi connectivity index (χ1v) is 13.6. The Morgan fingerprint density at radius 2 is 1.70 bits per heavy atom. The molecule has 0 spiro atoms. The molecule has 7 heteroatoms. The van der Waals surface area contributed by atoms with E-state index < -0.39 is 0 Å². The van der Waals surface area contributed by atoms with E-state index in [9.17, 15) is 4.79 Å². The number of carbonyl (C=O) groups excluding carboxylic acids is 1. The molecular formula is C30H38N6O. The standard InChI is InChI=1S/C30H38N6O/c1-21(22-10-4-2-5-11-22)33-29(37)27-24-14-8-9-15-26(24)34-28(23-12-6-3-7-13-23)25(27)20-35-16-18-36(19-17-35)30(31)32/h3,6-9,12-15,21-22H,2,4-5,10-11,16-20H2,1H3,(H3,31,32)(H,33,37)/t21-/m0/s1. The summed E-state index contributed by atoms with van der Waals surface area (Å²) in [6.45, 7) is 5.75. The van der Waals surface area contributed by atoms with Crippen molar-refractivity contribution in [2.45, 2.75) is 51.6 Å². The highest BCUT2D eigenvalue weighted by molar-refractivity contribution is 6.09. The van der Waals surface area contributed by atoms with E-state index in [2.05, 4.69) is 29.3 Å². The van der Waals surface area contributed by atoms with Crippen molar-refractivity contribution in [1.82, 2.24) is 20.1 Å². The molecule has 1 aliphatic carbocycles. The lowest BCUT2D eigenvalue weighted by atomic mass is 9.84. The van der Waals surface area contributed by atoms with Crippen LogP contribution in [0.15, 0.2) is 54.6 Å². The zero-order valence-corrected chi connectivity index (χ0v) is 21.7. The third-order valence-electron chi connectivity index (χ3n) is 8.08. The lowest BCUT2D eigenvalue weighted by Gasteiger charge is -2.35. The van der Waals surface area contributed by atoms with Crippen molar-refractivity contribution in [3.8, 4) is 11.3 Å². The second kappa shape index (κ2) is 11.3. The van der Waals surface area contributed by atoms with Crippen molar-refractivity contribution in [2.75, 3.05) is 26.2 Å². The Morgan fingerprint density at radius 1 is 1.03 bits per heavy atom. The van der Waals surface area contributed by atoms with Crippen LogP contribution in [0.2, 0.25) is 0 Å². The molecule has 0 radical (unpaired) electrons. The highest BCUT2D eigenvalue weighted by atomic mass is 16.1. The summed E-state index contributed by atoms with van der Waals surface area (Å²) in [5.41, 5.74) is 10.1. The molecule has 2 aliphatic rings. The van der Waals surface area contributed by atoms with E-state index in [0.717, 1.165) is 46.4 Å². The topological polar surface area (TPSA) is 98.3 Å². The highest BCUT2D eigenvalue weighted by Gasteiger charge is 2.28. The molecule has 2 fully saturated rings. The van der Waals surface area contributed by atoms with Crippen LogP contribution in [0.3, 0.4) is 0 Å². The van der Waals surface area contributed by atoms with Gasteiger partial charge in [-0.25, -0.2) is 4.98 Å². The zero-order valence-electron chi connectivity index (χ0n) is 21.7. The minimum atomic E-state index is -0.00812. The first-order valence-electron chi connectivity index (χ1n) is 13.6. The van der Waals surface area contributed by atoms with Crippen molar-refractivity contribution < 1.29 is 4.79 Å². The largest absolute Gasteiger partial charge is 0.370 e. The maximum Gasteiger partial charge on any atom is 0.252 e. The molecule has 0 unspecified atom stereocenters. The summed E-state index contributed by atoms with van der Waals surface area (Å²) in [6.07, 6.45) is 6.16. The SMILES string of the molecule is C[C@H](NC(=O)c1c(CN2CCN(C(=N)N)CC2)c(-c2ccccc2)nc2ccccc12)C1CCCCC1. The molecule has 2 aromatic carbocycles. The Balaban J connectivity index is 1.55. The van der Waals surface area contributed by atoms with Gasteiger partial charge in [-0.3, -0.25) is 15.1 Å². The van der Waals surface area contributed by atoms with Gasteiger partial charge in [0.05, 0.1) is 16.8 Å². The van der Waals surface area contributed by atoms with Crippen molar-refractivity contribution in [3.63, 3.8) is 0 Å². The van der Waals surface area contributed by atoms with Crippen LogP contribution in [0.1, 0.15) is 54.9 Å². The van der Waals surface area contributed by atoms with Crippen LogP contribution < -0.4 is 11.1 Å². The number of piperazine rings is 1. The van der Waals surface area contributed by atoms with Gasteiger partial charge in [-0.1, -0.05) is 67.8 Å². The Labute approximate surface area is 219 Å². The summed E-state index contributed by atoms with van der Waals surface area (Å²) in [4.78, 5) is 23.4.